The highest BCUT2D eigenvalue weighted by Gasteiger charge is 2.24. The highest BCUT2D eigenvalue weighted by atomic mass is 127. The maximum atomic E-state index is 11.9. The number of piperidine rings is 1. The number of nitrogens with zero attached hydrogens (tertiary/aromatic N) is 4. The van der Waals surface area contributed by atoms with Crippen LogP contribution >= 0.6 is 24.0 Å². The number of benzene rings is 1. The first-order valence-corrected chi connectivity index (χ1v) is 11.7. The van der Waals surface area contributed by atoms with E-state index in [1.165, 1.54) is 5.56 Å². The molecule has 1 saturated heterocycles. The van der Waals surface area contributed by atoms with Gasteiger partial charge in [0.15, 0.2) is 5.96 Å². The molecule has 1 aliphatic heterocycles. The van der Waals surface area contributed by atoms with Crippen molar-refractivity contribution in [1.29, 1.82) is 0 Å². The zero-order valence-electron chi connectivity index (χ0n) is 19.9. The number of amides is 1. The number of hydrogen-bond acceptors (Lipinski definition) is 4. The van der Waals surface area contributed by atoms with Gasteiger partial charge in [0.25, 0.3) is 0 Å². The maximum absolute atomic E-state index is 11.9. The van der Waals surface area contributed by atoms with Crippen LogP contribution in [0, 0.1) is 6.92 Å². The van der Waals surface area contributed by atoms with Crippen LogP contribution in [0.1, 0.15) is 44.4 Å². The van der Waals surface area contributed by atoms with Crippen LogP contribution in [0.4, 0.5) is 4.79 Å². The highest BCUT2D eigenvalue weighted by molar-refractivity contribution is 14.0. The van der Waals surface area contributed by atoms with Gasteiger partial charge in [-0.2, -0.15) is 5.10 Å². The van der Waals surface area contributed by atoms with Gasteiger partial charge in [0.2, 0.25) is 0 Å². The number of aryl methyl sites for hydroxylation is 2. The lowest BCUT2D eigenvalue weighted by molar-refractivity contribution is 0.0963. The molecule has 0 aliphatic carbocycles. The number of aromatic nitrogens is 2. The third kappa shape index (κ3) is 8.21. The van der Waals surface area contributed by atoms with E-state index in [1.54, 1.807) is 4.90 Å². The van der Waals surface area contributed by atoms with E-state index in [0.29, 0.717) is 25.7 Å². The minimum atomic E-state index is -0.211. The topological polar surface area (TPSA) is 83.8 Å². The van der Waals surface area contributed by atoms with E-state index in [4.69, 9.17) is 9.73 Å². The Bertz CT molecular complexity index is 878. The summed E-state index contributed by atoms with van der Waals surface area (Å²) in [5, 5.41) is 11.5. The third-order valence-electron chi connectivity index (χ3n) is 5.60. The number of likely N-dealkylation sites (tertiary alicyclic amines) is 1. The Labute approximate surface area is 214 Å². The normalized spacial score (nSPS) is 14.5. The van der Waals surface area contributed by atoms with Gasteiger partial charge in [0.05, 0.1) is 18.0 Å². The number of nitrogens with one attached hydrogen (secondary N) is 2. The summed E-state index contributed by atoms with van der Waals surface area (Å²) in [7, 11) is 0. The van der Waals surface area contributed by atoms with Crippen LogP contribution in [-0.4, -0.2) is 65.6 Å². The maximum Gasteiger partial charge on any atom is 0.409 e. The first kappa shape index (κ1) is 26.9. The summed E-state index contributed by atoms with van der Waals surface area (Å²) < 4.78 is 7.04. The lowest BCUT2D eigenvalue weighted by Crippen LogP contribution is -2.49. The zero-order chi connectivity index (χ0) is 22.8. The molecule has 33 heavy (non-hydrogen) atoms. The lowest BCUT2D eigenvalue weighted by atomic mass is 10.1. The van der Waals surface area contributed by atoms with Crippen molar-refractivity contribution in [2.75, 3.05) is 32.8 Å². The van der Waals surface area contributed by atoms with Crippen molar-refractivity contribution in [3.05, 3.63) is 47.8 Å². The monoisotopic (exact) mass is 568 g/mol. The van der Waals surface area contributed by atoms with Gasteiger partial charge in [-0.1, -0.05) is 18.2 Å². The van der Waals surface area contributed by atoms with Gasteiger partial charge in [0.1, 0.15) is 0 Å². The minimum Gasteiger partial charge on any atom is -0.450 e. The third-order valence-corrected chi connectivity index (χ3v) is 5.60. The van der Waals surface area contributed by atoms with Crippen LogP contribution in [0.2, 0.25) is 0 Å². The summed E-state index contributed by atoms with van der Waals surface area (Å²) in [4.78, 5) is 18.4. The fourth-order valence-electron chi connectivity index (χ4n) is 3.85. The van der Waals surface area contributed by atoms with Crippen LogP contribution in [0.25, 0.3) is 5.69 Å². The average molecular weight is 569 g/mol. The van der Waals surface area contributed by atoms with Gasteiger partial charge in [-0.25, -0.2) is 9.48 Å². The van der Waals surface area contributed by atoms with Gasteiger partial charge in [-0.3, -0.25) is 4.99 Å². The van der Waals surface area contributed by atoms with E-state index in [9.17, 15) is 4.79 Å². The fourth-order valence-corrected chi connectivity index (χ4v) is 3.85. The average Bonchev–Trinajstić information content (AvgIpc) is 3.18. The second kappa shape index (κ2) is 14.1. The molecule has 3 rings (SSSR count). The molecule has 2 aromatic rings. The van der Waals surface area contributed by atoms with Crippen molar-refractivity contribution in [3.8, 4) is 5.69 Å². The second-order valence-corrected chi connectivity index (χ2v) is 7.99. The standard InChI is InChI=1S/C24H36N6O2.HI/c1-4-25-23(27-21-13-16-29(17-14-21)24(31)32-5-2)26-15-9-10-20-18-30(28-19(20)3)22-11-7-6-8-12-22;/h6-8,11-12,18,21H,4-5,9-10,13-17H2,1-3H3,(H2,25,26,27);1H. The molecule has 1 amide bonds. The number of hydrogen-bond donors (Lipinski definition) is 2. The van der Waals surface area contributed by atoms with E-state index in [1.807, 2.05) is 29.8 Å². The summed E-state index contributed by atoms with van der Waals surface area (Å²) in [5.74, 6) is 0.846. The molecule has 9 heteroatoms. The van der Waals surface area contributed by atoms with E-state index in [2.05, 4.69) is 47.9 Å². The Morgan fingerprint density at radius 1 is 1.21 bits per heavy atom. The second-order valence-electron chi connectivity index (χ2n) is 7.99. The van der Waals surface area contributed by atoms with E-state index in [0.717, 1.165) is 56.1 Å². The Kier molecular flexibility index (Phi) is 11.5. The number of aliphatic imine (C=N–C) groups is 1. The van der Waals surface area contributed by atoms with E-state index in [-0.39, 0.29) is 30.1 Å². The number of rotatable bonds is 8. The molecule has 1 aromatic heterocycles. The Morgan fingerprint density at radius 2 is 1.94 bits per heavy atom. The van der Waals surface area contributed by atoms with Crippen molar-refractivity contribution < 1.29 is 9.53 Å². The number of ether oxygens (including phenoxy) is 1. The molecule has 1 aromatic carbocycles. The van der Waals surface area contributed by atoms with Gasteiger partial charge in [-0.15, -0.1) is 24.0 Å². The van der Waals surface area contributed by atoms with Crippen molar-refractivity contribution in [3.63, 3.8) is 0 Å². The predicted molar refractivity (Wildman–Crippen MR) is 143 cm³/mol. The van der Waals surface area contributed by atoms with Crippen molar-refractivity contribution in [2.24, 2.45) is 4.99 Å². The Hall–Kier alpha value is -2.30. The molecule has 0 bridgehead atoms. The SMILES string of the molecule is CCNC(=NCCCc1cn(-c2ccccc2)nc1C)NC1CCN(C(=O)OCC)CC1.I. The minimum absolute atomic E-state index is 0. The van der Waals surface area contributed by atoms with Crippen LogP contribution in [0.3, 0.4) is 0 Å². The summed E-state index contributed by atoms with van der Waals surface area (Å²) >= 11 is 0. The Balaban J connectivity index is 0.00000385. The van der Waals surface area contributed by atoms with Crippen molar-refractivity contribution in [2.45, 2.75) is 52.5 Å². The molecule has 0 unspecified atom stereocenters. The molecular formula is C24H37IN6O2. The number of carbonyl (C=O) groups excluding carboxylic acids is 1. The highest BCUT2D eigenvalue weighted by Crippen LogP contribution is 2.14. The molecule has 0 radical (unpaired) electrons. The summed E-state index contributed by atoms with van der Waals surface area (Å²) in [6, 6.07) is 10.5. The molecule has 1 fully saturated rings. The van der Waals surface area contributed by atoms with Crippen LogP contribution in [0.15, 0.2) is 41.5 Å². The van der Waals surface area contributed by atoms with Crippen molar-refractivity contribution in [1.82, 2.24) is 25.3 Å². The molecule has 0 spiro atoms. The molecular weight excluding hydrogens is 531 g/mol. The van der Waals surface area contributed by atoms with Crippen LogP contribution in [0.5, 0.6) is 0 Å². The van der Waals surface area contributed by atoms with Crippen molar-refractivity contribution >= 4 is 36.0 Å². The summed E-state index contributed by atoms with van der Waals surface area (Å²) in [5.41, 5.74) is 3.40. The molecule has 0 saturated carbocycles. The fraction of sp³-hybridized carbons (Fsp3) is 0.542. The molecule has 8 nitrogen and oxygen atoms in total. The largest absolute Gasteiger partial charge is 0.450 e. The molecule has 1 aliphatic rings. The Morgan fingerprint density at radius 3 is 2.61 bits per heavy atom. The number of para-hydroxylation sites is 1. The zero-order valence-corrected chi connectivity index (χ0v) is 22.2. The van der Waals surface area contributed by atoms with Gasteiger partial charge < -0.3 is 20.3 Å². The van der Waals surface area contributed by atoms with Gasteiger partial charge in [0, 0.05) is 38.4 Å². The first-order valence-electron chi connectivity index (χ1n) is 11.7. The van der Waals surface area contributed by atoms with E-state index >= 15 is 0 Å². The quantitative estimate of drug-likeness (QED) is 0.219. The first-order chi connectivity index (χ1) is 15.6. The number of halogens is 1. The van der Waals surface area contributed by atoms with Crippen LogP contribution < -0.4 is 10.6 Å². The smallest absolute Gasteiger partial charge is 0.409 e. The molecule has 0 atom stereocenters. The van der Waals surface area contributed by atoms with Gasteiger partial charge in [-0.05, 0) is 64.2 Å². The van der Waals surface area contributed by atoms with Crippen LogP contribution in [-0.2, 0) is 11.2 Å². The number of carbonyl (C=O) groups is 1. The van der Waals surface area contributed by atoms with Gasteiger partial charge >= 0.3 is 6.09 Å². The summed E-state index contributed by atoms with van der Waals surface area (Å²) in [6.07, 6.45) is 5.59. The molecule has 182 valence electrons. The number of guanidine groups is 1. The van der Waals surface area contributed by atoms with E-state index < -0.39 is 0 Å². The summed E-state index contributed by atoms with van der Waals surface area (Å²) in [6.45, 7) is 9.36. The lowest BCUT2D eigenvalue weighted by Gasteiger charge is -2.32. The molecule has 2 N–H and O–H groups in total. The molecule has 2 heterocycles. The predicted octanol–water partition coefficient (Wildman–Crippen LogP) is 3.91.